The number of aromatic amines is 2. The summed E-state index contributed by atoms with van der Waals surface area (Å²) in [5.74, 6) is 0.709. The summed E-state index contributed by atoms with van der Waals surface area (Å²) in [6.07, 6.45) is 5.74. The first-order chi connectivity index (χ1) is 30.2. The number of alkyl carbamates (subject to hydrolysis) is 2. The van der Waals surface area contributed by atoms with Crippen LogP contribution in [0.15, 0.2) is 60.9 Å². The molecule has 0 radical (unpaired) electrons. The number of nitrogens with one attached hydrogen (secondary N) is 4. The molecule has 5 heterocycles. The van der Waals surface area contributed by atoms with E-state index in [1.807, 2.05) is 69.3 Å². The van der Waals surface area contributed by atoms with Crippen molar-refractivity contribution in [2.45, 2.75) is 84.0 Å². The summed E-state index contributed by atoms with van der Waals surface area (Å²) < 4.78 is 14.6. The van der Waals surface area contributed by atoms with Gasteiger partial charge >= 0.3 is 18.3 Å². The van der Waals surface area contributed by atoms with Gasteiger partial charge in [0.15, 0.2) is 0 Å². The van der Waals surface area contributed by atoms with Crippen LogP contribution in [-0.4, -0.2) is 124 Å². The standard InChI is InChI=1S/C46H59N9O8/c1-27(2)37(51-43(58)61-5)41(56)54-20-8-9-35(54)39-47-24-33(49-39)31-14-10-29(11-15-31)30-12-16-32(17-13-30)34-25-48-40(50-34)36-23-46(18-21-53(22-19-46)45(60)63-7)26-55(36)42(57)38(28(3)4)52-44(59)62-6/h10-17,24-25,27-28,35-38H,8-9,18-23,26H2,1-7H3,(H,47,49)(H,48,50)(H,51,58)(H,52,59)/t35-,36?,37-,38-/m0/s1. The molecule has 336 valence electrons. The Bertz CT molecular complexity index is 2260. The van der Waals surface area contributed by atoms with Crippen molar-refractivity contribution in [1.82, 2.24) is 45.3 Å². The van der Waals surface area contributed by atoms with Crippen LogP contribution in [0, 0.1) is 17.3 Å². The molecule has 1 spiro atoms. The van der Waals surface area contributed by atoms with Gasteiger partial charge in [0.05, 0.1) is 44.8 Å². The van der Waals surface area contributed by atoms with Gasteiger partial charge in [0, 0.05) is 49.7 Å². The van der Waals surface area contributed by atoms with Gasteiger partial charge < -0.3 is 49.5 Å². The van der Waals surface area contributed by atoms with Gasteiger partial charge in [-0.2, -0.15) is 0 Å². The zero-order valence-electron chi connectivity index (χ0n) is 37.1. The first-order valence-corrected chi connectivity index (χ1v) is 21.7. The van der Waals surface area contributed by atoms with E-state index in [0.29, 0.717) is 57.1 Å². The maximum atomic E-state index is 14.3. The molecule has 1 unspecified atom stereocenters. The molecule has 0 aliphatic carbocycles. The van der Waals surface area contributed by atoms with Gasteiger partial charge in [-0.05, 0) is 60.5 Å². The highest BCUT2D eigenvalue weighted by Gasteiger charge is 2.50. The van der Waals surface area contributed by atoms with Crippen molar-refractivity contribution < 1.29 is 38.2 Å². The van der Waals surface area contributed by atoms with E-state index >= 15 is 0 Å². The van der Waals surface area contributed by atoms with E-state index in [2.05, 4.69) is 44.9 Å². The number of methoxy groups -OCH3 is 3. The van der Waals surface area contributed by atoms with Gasteiger partial charge in [0.2, 0.25) is 11.8 Å². The van der Waals surface area contributed by atoms with Crippen molar-refractivity contribution in [1.29, 1.82) is 0 Å². The third-order valence-electron chi connectivity index (χ3n) is 12.9. The van der Waals surface area contributed by atoms with Crippen molar-refractivity contribution in [3.8, 4) is 33.6 Å². The van der Waals surface area contributed by atoms with Crippen LogP contribution in [0.2, 0.25) is 0 Å². The Balaban J connectivity index is 1.04. The molecule has 4 atom stereocenters. The van der Waals surface area contributed by atoms with E-state index < -0.39 is 24.3 Å². The summed E-state index contributed by atoms with van der Waals surface area (Å²) in [5, 5.41) is 5.44. The topological polar surface area (TPSA) is 204 Å². The van der Waals surface area contributed by atoms with Crippen LogP contribution in [0.4, 0.5) is 14.4 Å². The second kappa shape index (κ2) is 18.9. The third-order valence-corrected chi connectivity index (χ3v) is 12.9. The van der Waals surface area contributed by atoms with Crippen LogP contribution in [-0.2, 0) is 23.8 Å². The summed E-state index contributed by atoms with van der Waals surface area (Å²) in [5.41, 5.74) is 5.17. The Morgan fingerprint density at radius 1 is 0.651 bits per heavy atom. The Hall–Kier alpha value is -6.39. The number of amides is 5. The number of ether oxygens (including phenoxy) is 3. The number of likely N-dealkylation sites (tertiary alicyclic amines) is 3. The van der Waals surface area contributed by atoms with Crippen LogP contribution >= 0.6 is 0 Å². The highest BCUT2D eigenvalue weighted by molar-refractivity contribution is 5.87. The van der Waals surface area contributed by atoms with E-state index in [1.165, 1.54) is 21.3 Å². The molecule has 2 aromatic heterocycles. The molecule has 7 rings (SSSR count). The maximum absolute atomic E-state index is 14.3. The smallest absolute Gasteiger partial charge is 0.409 e. The van der Waals surface area contributed by atoms with Crippen molar-refractivity contribution in [3.63, 3.8) is 0 Å². The van der Waals surface area contributed by atoms with Gasteiger partial charge in [-0.25, -0.2) is 24.4 Å². The maximum Gasteiger partial charge on any atom is 0.409 e. The van der Waals surface area contributed by atoms with Crippen molar-refractivity contribution >= 4 is 30.1 Å². The van der Waals surface area contributed by atoms with Crippen LogP contribution < -0.4 is 10.6 Å². The van der Waals surface area contributed by atoms with Gasteiger partial charge in [-0.3, -0.25) is 9.59 Å². The summed E-state index contributed by atoms with van der Waals surface area (Å²) in [6, 6.07) is 14.2. The molecule has 3 aliphatic rings. The quantitative estimate of drug-likeness (QED) is 0.118. The van der Waals surface area contributed by atoms with E-state index in [9.17, 15) is 24.0 Å². The highest BCUT2D eigenvalue weighted by Crippen LogP contribution is 2.49. The second-order valence-electron chi connectivity index (χ2n) is 17.5. The summed E-state index contributed by atoms with van der Waals surface area (Å²) in [6.45, 7) is 9.68. The number of benzene rings is 2. The molecule has 63 heavy (non-hydrogen) atoms. The van der Waals surface area contributed by atoms with E-state index in [1.54, 1.807) is 9.80 Å². The molecule has 0 bridgehead atoms. The van der Waals surface area contributed by atoms with E-state index in [-0.39, 0.29) is 47.2 Å². The van der Waals surface area contributed by atoms with Crippen LogP contribution in [0.3, 0.4) is 0 Å². The molecule has 0 saturated carbocycles. The predicted octanol–water partition coefficient (Wildman–Crippen LogP) is 6.68. The minimum Gasteiger partial charge on any atom is -0.453 e. The minimum atomic E-state index is -0.792. The Kier molecular flexibility index (Phi) is 13.4. The van der Waals surface area contributed by atoms with Crippen molar-refractivity contribution in [2.24, 2.45) is 17.3 Å². The zero-order chi connectivity index (χ0) is 45.0. The average molecular weight is 866 g/mol. The minimum absolute atomic E-state index is 0.118. The number of piperidine rings is 1. The van der Waals surface area contributed by atoms with Gasteiger partial charge in [0.1, 0.15) is 23.7 Å². The molecule has 5 amide bonds. The average Bonchev–Trinajstić information content (AvgIpc) is 4.14. The van der Waals surface area contributed by atoms with Crippen LogP contribution in [0.5, 0.6) is 0 Å². The lowest BCUT2D eigenvalue weighted by molar-refractivity contribution is -0.136. The number of hydrogen-bond acceptors (Lipinski definition) is 10. The number of nitrogens with zero attached hydrogens (tertiary/aromatic N) is 5. The van der Waals surface area contributed by atoms with Crippen LogP contribution in [0.25, 0.3) is 33.6 Å². The number of aromatic nitrogens is 4. The number of rotatable bonds is 11. The number of H-pyrrole nitrogens is 2. The van der Waals surface area contributed by atoms with Gasteiger partial charge in [-0.15, -0.1) is 0 Å². The molecule has 2 aromatic carbocycles. The summed E-state index contributed by atoms with van der Waals surface area (Å²) in [4.78, 5) is 86.4. The fraction of sp³-hybridized carbons (Fsp3) is 0.500. The fourth-order valence-corrected chi connectivity index (χ4v) is 9.24. The molecule has 4 N–H and O–H groups in total. The Labute approximate surface area is 367 Å². The lowest BCUT2D eigenvalue weighted by Gasteiger charge is -2.38. The molecule has 4 aromatic rings. The molecule has 17 nitrogen and oxygen atoms in total. The molecule has 3 aliphatic heterocycles. The largest absolute Gasteiger partial charge is 0.453 e. The Morgan fingerprint density at radius 2 is 1.11 bits per heavy atom. The fourth-order valence-electron chi connectivity index (χ4n) is 9.24. The molecular formula is C46H59N9O8. The predicted molar refractivity (Wildman–Crippen MR) is 234 cm³/mol. The van der Waals surface area contributed by atoms with Crippen molar-refractivity contribution in [3.05, 3.63) is 72.6 Å². The van der Waals surface area contributed by atoms with E-state index in [4.69, 9.17) is 24.2 Å². The van der Waals surface area contributed by atoms with Gasteiger partial charge in [0.25, 0.3) is 0 Å². The van der Waals surface area contributed by atoms with Crippen molar-refractivity contribution in [2.75, 3.05) is 47.5 Å². The molecule has 3 fully saturated rings. The number of hydrogen-bond donors (Lipinski definition) is 4. The van der Waals surface area contributed by atoms with Crippen LogP contribution in [0.1, 0.15) is 83.5 Å². The molecule has 17 heteroatoms. The lowest BCUT2D eigenvalue weighted by atomic mass is 9.76. The normalized spacial score (nSPS) is 19.3. The number of imidazole rings is 2. The third kappa shape index (κ3) is 9.51. The lowest BCUT2D eigenvalue weighted by Crippen LogP contribution is -2.52. The second-order valence-corrected chi connectivity index (χ2v) is 17.5. The van der Waals surface area contributed by atoms with E-state index in [0.717, 1.165) is 46.5 Å². The number of carbonyl (C=O) groups is 5. The molecule has 3 saturated heterocycles. The monoisotopic (exact) mass is 865 g/mol. The molecular weight excluding hydrogens is 807 g/mol. The highest BCUT2D eigenvalue weighted by atomic mass is 16.5. The summed E-state index contributed by atoms with van der Waals surface area (Å²) in [7, 11) is 3.95. The number of carbonyl (C=O) groups excluding carboxylic acids is 5. The zero-order valence-corrected chi connectivity index (χ0v) is 37.1. The SMILES string of the molecule is COC(=O)N[C@H](C(=O)N1CC2(CCN(C(=O)OC)CC2)CC1c1nc(-c2ccc(-c3ccc(-c4c[nH]c([C@@H]5CCCN5C(=O)[C@@H](NC(=O)OC)C(C)C)n4)cc3)cc2)c[nH]1)C(C)C. The first kappa shape index (κ1) is 44.7. The summed E-state index contributed by atoms with van der Waals surface area (Å²) >= 11 is 0. The first-order valence-electron chi connectivity index (χ1n) is 21.7. The van der Waals surface area contributed by atoms with Gasteiger partial charge in [-0.1, -0.05) is 76.2 Å². The Morgan fingerprint density at radius 3 is 1.57 bits per heavy atom.